The highest BCUT2D eigenvalue weighted by molar-refractivity contribution is 8.16. The van der Waals surface area contributed by atoms with Crippen molar-refractivity contribution in [2.45, 2.75) is 44.3 Å². The summed E-state index contributed by atoms with van der Waals surface area (Å²) in [5, 5.41) is 2.59. The Labute approximate surface area is 215 Å². The SMILES string of the molecule is CC(C)(C)OC(=O)NCC(=O)N=C1S[C@H]2CS(=O)(=O)C[C@@H]2N1c1ccc(OCc2ccccc2)cc1. The van der Waals surface area contributed by atoms with Crippen LogP contribution in [0.15, 0.2) is 59.6 Å². The normalized spacial score (nSPS) is 21.8. The van der Waals surface area contributed by atoms with E-state index in [2.05, 4.69) is 10.3 Å². The standard InChI is InChI=1S/C25H29N3O6S2/c1-25(2,3)34-24(30)26-13-22(29)27-23-28(20-15-36(31,32)16-21(20)35-23)18-9-11-19(12-10-18)33-14-17-7-5-4-6-8-17/h4-12,20-21H,13-16H2,1-3H3,(H,26,30)/t20-,21-/m0/s1. The highest BCUT2D eigenvalue weighted by Gasteiger charge is 2.49. The number of thioether (sulfide) groups is 1. The molecular formula is C25H29N3O6S2. The van der Waals surface area contributed by atoms with Gasteiger partial charge in [-0.15, -0.1) is 0 Å². The number of nitrogens with zero attached hydrogens (tertiary/aromatic N) is 2. The van der Waals surface area contributed by atoms with E-state index in [4.69, 9.17) is 9.47 Å². The molecule has 4 rings (SSSR count). The van der Waals surface area contributed by atoms with Gasteiger partial charge < -0.3 is 19.7 Å². The van der Waals surface area contributed by atoms with Crippen LogP contribution in [0.2, 0.25) is 0 Å². The number of nitrogens with one attached hydrogen (secondary N) is 1. The Morgan fingerprint density at radius 2 is 1.78 bits per heavy atom. The van der Waals surface area contributed by atoms with E-state index in [1.165, 1.54) is 11.8 Å². The predicted molar refractivity (Wildman–Crippen MR) is 140 cm³/mol. The summed E-state index contributed by atoms with van der Waals surface area (Å²) in [6.45, 7) is 5.28. The number of anilines is 1. The van der Waals surface area contributed by atoms with Crippen molar-refractivity contribution in [1.29, 1.82) is 0 Å². The van der Waals surface area contributed by atoms with Crippen molar-refractivity contribution < 1.29 is 27.5 Å². The zero-order valence-corrected chi connectivity index (χ0v) is 22.0. The molecule has 2 amide bonds. The third-order valence-corrected chi connectivity index (χ3v) is 8.64. The molecule has 2 aliphatic rings. The largest absolute Gasteiger partial charge is 0.489 e. The lowest BCUT2D eigenvalue weighted by molar-refractivity contribution is -0.117. The van der Waals surface area contributed by atoms with Gasteiger partial charge >= 0.3 is 6.09 Å². The number of amides is 2. The number of carbonyl (C=O) groups is 2. The van der Waals surface area contributed by atoms with Gasteiger partial charge in [-0.3, -0.25) is 4.79 Å². The van der Waals surface area contributed by atoms with E-state index in [1.807, 2.05) is 54.6 Å². The van der Waals surface area contributed by atoms with E-state index >= 15 is 0 Å². The minimum atomic E-state index is -3.19. The number of ether oxygens (including phenoxy) is 2. The van der Waals surface area contributed by atoms with Crippen molar-refractivity contribution in [3.05, 3.63) is 60.2 Å². The van der Waals surface area contributed by atoms with E-state index in [-0.39, 0.29) is 29.3 Å². The summed E-state index contributed by atoms with van der Waals surface area (Å²) >= 11 is 1.27. The first-order valence-electron chi connectivity index (χ1n) is 11.5. The molecular weight excluding hydrogens is 502 g/mol. The molecule has 0 saturated carbocycles. The third kappa shape index (κ3) is 6.79. The molecule has 2 saturated heterocycles. The fourth-order valence-electron chi connectivity index (χ4n) is 3.92. The number of aliphatic imine (C=N–C) groups is 1. The van der Waals surface area contributed by atoms with Gasteiger partial charge in [0.1, 0.15) is 24.5 Å². The van der Waals surface area contributed by atoms with Gasteiger partial charge in [0.15, 0.2) is 15.0 Å². The average molecular weight is 532 g/mol. The maximum atomic E-state index is 12.5. The molecule has 0 aromatic heterocycles. The Hall–Kier alpha value is -3.05. The van der Waals surface area contributed by atoms with Crippen LogP contribution in [0, 0.1) is 0 Å². The molecule has 2 aromatic carbocycles. The summed E-state index contributed by atoms with van der Waals surface area (Å²) in [4.78, 5) is 30.4. The van der Waals surface area contributed by atoms with Crippen LogP contribution >= 0.6 is 11.8 Å². The summed E-state index contributed by atoms with van der Waals surface area (Å²) in [6.07, 6.45) is -0.707. The van der Waals surface area contributed by atoms with Crippen LogP contribution in [0.25, 0.3) is 0 Å². The molecule has 1 N–H and O–H groups in total. The number of rotatable bonds is 6. The number of amidine groups is 1. The zero-order valence-electron chi connectivity index (χ0n) is 20.3. The molecule has 0 unspecified atom stereocenters. The van der Waals surface area contributed by atoms with Crippen molar-refractivity contribution in [1.82, 2.24) is 5.32 Å². The smallest absolute Gasteiger partial charge is 0.408 e. The molecule has 0 aliphatic carbocycles. The van der Waals surface area contributed by atoms with Gasteiger partial charge in [0.2, 0.25) is 0 Å². The Bertz CT molecular complexity index is 1240. The van der Waals surface area contributed by atoms with Gasteiger partial charge in [-0.2, -0.15) is 4.99 Å². The molecule has 2 aliphatic heterocycles. The van der Waals surface area contributed by atoms with Crippen molar-refractivity contribution in [3.63, 3.8) is 0 Å². The average Bonchev–Trinajstić information content (AvgIpc) is 3.27. The maximum absolute atomic E-state index is 12.5. The molecule has 192 valence electrons. The fourth-order valence-corrected chi connectivity index (χ4v) is 7.85. The predicted octanol–water partition coefficient (Wildman–Crippen LogP) is 3.39. The van der Waals surface area contributed by atoms with Gasteiger partial charge in [-0.1, -0.05) is 42.1 Å². The fraction of sp³-hybridized carbons (Fsp3) is 0.400. The molecule has 0 spiro atoms. The van der Waals surface area contributed by atoms with Crippen molar-refractivity contribution in [2.75, 3.05) is 23.0 Å². The first kappa shape index (κ1) is 26.0. The topological polar surface area (TPSA) is 114 Å². The summed E-state index contributed by atoms with van der Waals surface area (Å²) < 4.78 is 35.6. The van der Waals surface area contributed by atoms with E-state index in [9.17, 15) is 18.0 Å². The van der Waals surface area contributed by atoms with Gasteiger partial charge in [0.25, 0.3) is 5.91 Å². The van der Waals surface area contributed by atoms with Crippen LogP contribution in [-0.2, 0) is 26.0 Å². The van der Waals surface area contributed by atoms with Crippen LogP contribution in [-0.4, -0.2) is 60.5 Å². The summed E-state index contributed by atoms with van der Waals surface area (Å²) in [5.41, 5.74) is 1.08. The molecule has 0 bridgehead atoms. The van der Waals surface area contributed by atoms with Crippen LogP contribution in [0.4, 0.5) is 10.5 Å². The van der Waals surface area contributed by atoms with Crippen LogP contribution in [0.5, 0.6) is 5.75 Å². The highest BCUT2D eigenvalue weighted by atomic mass is 32.2. The summed E-state index contributed by atoms with van der Waals surface area (Å²) in [7, 11) is -3.19. The van der Waals surface area contributed by atoms with Gasteiger partial charge in [-0.05, 0) is 50.6 Å². The zero-order chi connectivity index (χ0) is 25.9. The molecule has 11 heteroatoms. The molecule has 2 heterocycles. The van der Waals surface area contributed by atoms with Crippen LogP contribution in [0.3, 0.4) is 0 Å². The molecule has 0 radical (unpaired) electrons. The lowest BCUT2D eigenvalue weighted by Crippen LogP contribution is -2.38. The minimum absolute atomic E-state index is 0.0136. The molecule has 9 nitrogen and oxygen atoms in total. The number of sulfone groups is 1. The van der Waals surface area contributed by atoms with E-state index in [0.717, 1.165) is 5.56 Å². The number of hydrogen-bond acceptors (Lipinski definition) is 7. The Kier molecular flexibility index (Phi) is 7.60. The number of benzene rings is 2. The monoisotopic (exact) mass is 531 g/mol. The Balaban J connectivity index is 1.47. The highest BCUT2D eigenvalue weighted by Crippen LogP contribution is 2.41. The lowest BCUT2D eigenvalue weighted by Gasteiger charge is -2.24. The second-order valence-electron chi connectivity index (χ2n) is 9.58. The van der Waals surface area contributed by atoms with Crippen LogP contribution in [0.1, 0.15) is 26.3 Å². The Morgan fingerprint density at radius 3 is 2.44 bits per heavy atom. The maximum Gasteiger partial charge on any atom is 0.408 e. The minimum Gasteiger partial charge on any atom is -0.489 e. The number of carbonyl (C=O) groups excluding carboxylic acids is 2. The first-order valence-corrected chi connectivity index (χ1v) is 14.2. The Morgan fingerprint density at radius 1 is 1.08 bits per heavy atom. The second kappa shape index (κ2) is 10.5. The molecule has 2 aromatic rings. The number of fused-ring (bicyclic) bond motifs is 1. The summed E-state index contributed by atoms with van der Waals surface area (Å²) in [6, 6.07) is 16.7. The lowest BCUT2D eigenvalue weighted by atomic mass is 10.2. The molecule has 2 fully saturated rings. The van der Waals surface area contributed by atoms with Gasteiger partial charge in [-0.25, -0.2) is 13.2 Å². The van der Waals surface area contributed by atoms with Gasteiger partial charge in [0.05, 0.1) is 17.5 Å². The number of hydrogen-bond donors (Lipinski definition) is 1. The van der Waals surface area contributed by atoms with E-state index < -0.39 is 27.4 Å². The van der Waals surface area contributed by atoms with Crippen molar-refractivity contribution in [3.8, 4) is 5.75 Å². The van der Waals surface area contributed by atoms with Crippen molar-refractivity contribution >= 4 is 44.5 Å². The van der Waals surface area contributed by atoms with E-state index in [0.29, 0.717) is 23.2 Å². The molecule has 36 heavy (non-hydrogen) atoms. The van der Waals surface area contributed by atoms with Gasteiger partial charge in [0, 0.05) is 10.9 Å². The van der Waals surface area contributed by atoms with Crippen LogP contribution < -0.4 is 15.0 Å². The first-order chi connectivity index (χ1) is 17.0. The van der Waals surface area contributed by atoms with E-state index in [1.54, 1.807) is 25.7 Å². The summed E-state index contributed by atoms with van der Waals surface area (Å²) in [5.74, 6) is 0.126. The second-order valence-corrected chi connectivity index (χ2v) is 12.9. The van der Waals surface area contributed by atoms with Crippen molar-refractivity contribution in [2.24, 2.45) is 4.99 Å². The number of alkyl carbamates (subject to hydrolysis) is 1. The third-order valence-electron chi connectivity index (χ3n) is 5.43. The molecule has 2 atom stereocenters. The quantitative estimate of drug-likeness (QED) is 0.603.